The van der Waals surface area contributed by atoms with Crippen molar-refractivity contribution >= 4 is 27.6 Å². The summed E-state index contributed by atoms with van der Waals surface area (Å²) in [6.07, 6.45) is 3.58. The lowest BCUT2D eigenvalue weighted by molar-refractivity contribution is 0.0981. The molecule has 2 aliphatic rings. The Morgan fingerprint density at radius 1 is 0.955 bits per heavy atom. The van der Waals surface area contributed by atoms with E-state index in [9.17, 15) is 13.2 Å². The van der Waals surface area contributed by atoms with Crippen LogP contribution in [0.2, 0.25) is 0 Å². The van der Waals surface area contributed by atoms with Gasteiger partial charge in [-0.3, -0.25) is 9.78 Å². The minimum Gasteiger partial charge on any atom is -0.362 e. The van der Waals surface area contributed by atoms with E-state index >= 15 is 0 Å². The molecule has 2 N–H and O–H groups in total. The van der Waals surface area contributed by atoms with E-state index in [0.717, 1.165) is 29.8 Å². The third-order valence-electron chi connectivity index (χ3n) is 9.02. The summed E-state index contributed by atoms with van der Waals surface area (Å²) >= 11 is 0. The molecule has 5 heterocycles. The van der Waals surface area contributed by atoms with E-state index in [2.05, 4.69) is 94.4 Å². The molecule has 3 atom stereocenters. The van der Waals surface area contributed by atoms with Crippen molar-refractivity contribution in [2.24, 2.45) is 11.8 Å². The van der Waals surface area contributed by atoms with Crippen molar-refractivity contribution in [2.45, 2.75) is 103 Å². The molecule has 0 aliphatic carbocycles. The molecule has 1 unspecified atom stereocenters. The fourth-order valence-corrected chi connectivity index (χ4v) is 7.16. The SMILES string of the molecule is C[C@H]1CC(c2ccc(C(C)(C)C)cn2)Nc2cccc(n2)S(=O)(=O)NC(=O)c2ccc(C(C)(C)C)nc2N2C[C@@H]1CC2(C)C. The highest BCUT2D eigenvalue weighted by Crippen LogP contribution is 2.43. The Bertz CT molecular complexity index is 1660. The number of fused-ring (bicyclic) bond motifs is 6. The lowest BCUT2D eigenvalue weighted by atomic mass is 9.83. The zero-order valence-electron chi connectivity index (χ0n) is 27.4. The number of anilines is 2. The van der Waals surface area contributed by atoms with Gasteiger partial charge in [-0.05, 0) is 79.8 Å². The molecule has 9 nitrogen and oxygen atoms in total. The molecule has 1 saturated heterocycles. The maximum Gasteiger partial charge on any atom is 0.281 e. The topological polar surface area (TPSA) is 117 Å². The summed E-state index contributed by atoms with van der Waals surface area (Å²) in [6.45, 7) is 20.0. The first-order valence-electron chi connectivity index (χ1n) is 15.4. The molecule has 0 saturated carbocycles. The highest BCUT2D eigenvalue weighted by Gasteiger charge is 2.43. The Morgan fingerprint density at radius 2 is 1.68 bits per heavy atom. The monoisotopic (exact) mass is 618 g/mol. The first-order chi connectivity index (χ1) is 20.3. The van der Waals surface area contributed by atoms with Crippen molar-refractivity contribution in [3.63, 3.8) is 0 Å². The van der Waals surface area contributed by atoms with Crippen LogP contribution in [-0.4, -0.2) is 41.4 Å². The molecule has 44 heavy (non-hydrogen) atoms. The molecule has 3 aromatic heterocycles. The molecule has 1 amide bonds. The van der Waals surface area contributed by atoms with E-state index in [1.807, 2.05) is 12.3 Å². The molecule has 4 bridgehead atoms. The van der Waals surface area contributed by atoms with Crippen LogP contribution < -0.4 is 14.9 Å². The zero-order valence-corrected chi connectivity index (χ0v) is 28.2. The second-order valence-electron chi connectivity index (χ2n) is 15.1. The lowest BCUT2D eigenvalue weighted by Crippen LogP contribution is -2.41. The van der Waals surface area contributed by atoms with E-state index in [-0.39, 0.29) is 38.9 Å². The summed E-state index contributed by atoms with van der Waals surface area (Å²) < 4.78 is 29.3. The van der Waals surface area contributed by atoms with Crippen LogP contribution in [0.3, 0.4) is 0 Å². The molecule has 236 valence electrons. The van der Waals surface area contributed by atoms with Gasteiger partial charge in [0.1, 0.15) is 11.6 Å². The third-order valence-corrected chi connectivity index (χ3v) is 10.3. The Balaban J connectivity index is 1.63. The Morgan fingerprint density at radius 3 is 2.32 bits per heavy atom. The molecule has 0 spiro atoms. The molecule has 0 aromatic carbocycles. The van der Waals surface area contributed by atoms with Crippen molar-refractivity contribution < 1.29 is 13.2 Å². The van der Waals surface area contributed by atoms with Gasteiger partial charge in [-0.25, -0.2) is 14.7 Å². The average molecular weight is 619 g/mol. The number of nitrogens with zero attached hydrogens (tertiary/aromatic N) is 4. The van der Waals surface area contributed by atoms with Gasteiger partial charge in [-0.2, -0.15) is 8.42 Å². The van der Waals surface area contributed by atoms with Gasteiger partial charge in [0.05, 0.1) is 17.3 Å². The number of hydrogen-bond donors (Lipinski definition) is 2. The maximum atomic E-state index is 13.7. The minimum atomic E-state index is -4.28. The Kier molecular flexibility index (Phi) is 8.06. The van der Waals surface area contributed by atoms with Crippen molar-refractivity contribution in [3.8, 4) is 0 Å². The Labute approximate surface area is 262 Å². The molecule has 3 aromatic rings. The van der Waals surface area contributed by atoms with E-state index < -0.39 is 15.9 Å². The number of sulfonamides is 1. The minimum absolute atomic E-state index is 0.0290. The summed E-state index contributed by atoms with van der Waals surface area (Å²) in [5, 5.41) is 3.25. The summed E-state index contributed by atoms with van der Waals surface area (Å²) in [4.78, 5) is 30.2. The second-order valence-corrected chi connectivity index (χ2v) is 16.8. The van der Waals surface area contributed by atoms with Crippen LogP contribution in [0.1, 0.15) is 109 Å². The zero-order chi connectivity index (χ0) is 32.2. The van der Waals surface area contributed by atoms with Crippen LogP contribution in [0.25, 0.3) is 0 Å². The van der Waals surface area contributed by atoms with Gasteiger partial charge >= 0.3 is 0 Å². The third kappa shape index (κ3) is 6.46. The predicted molar refractivity (Wildman–Crippen MR) is 174 cm³/mol. The molecule has 1 fully saturated rings. The quantitative estimate of drug-likeness (QED) is 0.323. The molecular weight excluding hydrogens is 572 g/mol. The Hall–Kier alpha value is -3.53. The number of hydrogen-bond acceptors (Lipinski definition) is 8. The summed E-state index contributed by atoms with van der Waals surface area (Å²) in [5.41, 5.74) is 2.47. The van der Waals surface area contributed by atoms with Crippen LogP contribution in [0.4, 0.5) is 11.6 Å². The molecule has 2 aliphatic heterocycles. The first kappa shape index (κ1) is 31.9. The maximum absolute atomic E-state index is 13.7. The number of rotatable bonds is 1. The molecule has 0 radical (unpaired) electrons. The van der Waals surface area contributed by atoms with Crippen molar-refractivity contribution in [2.75, 3.05) is 16.8 Å². The van der Waals surface area contributed by atoms with Crippen molar-refractivity contribution in [1.82, 2.24) is 19.7 Å². The van der Waals surface area contributed by atoms with Crippen LogP contribution in [-0.2, 0) is 20.9 Å². The standard InChI is InChI=1S/C34H46N6O3S/c1-21-17-26(25-15-13-23(19-35-25)32(2,3)4)36-28-11-10-12-29(38-28)44(42,43)39-31(41)24-14-16-27(33(5,6)7)37-30(24)40-20-22(21)18-34(40,8)9/h10-16,19,21-22,26H,17-18,20H2,1-9H3,(H,36,38)(H,39,41)/t21-,22-,26?/m0/s1. The number of carbonyl (C=O) groups excluding carboxylic acids is 1. The summed E-state index contributed by atoms with van der Waals surface area (Å²) in [6, 6.07) is 12.2. The first-order valence-corrected chi connectivity index (χ1v) is 16.9. The van der Waals surface area contributed by atoms with Crippen molar-refractivity contribution in [3.05, 3.63) is 71.2 Å². The summed E-state index contributed by atoms with van der Waals surface area (Å²) in [5.74, 6) is 0.750. The van der Waals surface area contributed by atoms with Gasteiger partial charge in [0.2, 0.25) is 0 Å². The van der Waals surface area contributed by atoms with Gasteiger partial charge in [0.15, 0.2) is 5.03 Å². The number of pyridine rings is 3. The van der Waals surface area contributed by atoms with Gasteiger partial charge in [-0.1, -0.05) is 60.6 Å². The lowest BCUT2D eigenvalue weighted by Gasteiger charge is -2.34. The van der Waals surface area contributed by atoms with Crippen LogP contribution in [0, 0.1) is 11.8 Å². The van der Waals surface area contributed by atoms with Crippen molar-refractivity contribution in [1.29, 1.82) is 0 Å². The normalized spacial score (nSPS) is 23.5. The van der Waals surface area contributed by atoms with Gasteiger partial charge in [-0.15, -0.1) is 0 Å². The summed E-state index contributed by atoms with van der Waals surface area (Å²) in [7, 11) is -4.28. The van der Waals surface area contributed by atoms with Crippen LogP contribution >= 0.6 is 0 Å². The largest absolute Gasteiger partial charge is 0.362 e. The van der Waals surface area contributed by atoms with E-state index in [0.29, 0.717) is 24.1 Å². The van der Waals surface area contributed by atoms with Crippen LogP contribution in [0.5, 0.6) is 0 Å². The molecular formula is C34H46N6O3S. The van der Waals surface area contributed by atoms with Crippen LogP contribution in [0.15, 0.2) is 53.7 Å². The number of nitrogens with one attached hydrogen (secondary N) is 2. The molecule has 5 rings (SSSR count). The fraction of sp³-hybridized carbons (Fsp3) is 0.529. The highest BCUT2D eigenvalue weighted by molar-refractivity contribution is 7.90. The smallest absolute Gasteiger partial charge is 0.281 e. The number of carbonyl (C=O) groups is 1. The number of amides is 1. The molecule has 10 heteroatoms. The average Bonchev–Trinajstić information content (AvgIpc) is 3.26. The highest BCUT2D eigenvalue weighted by atomic mass is 32.2. The number of aromatic nitrogens is 3. The van der Waals surface area contributed by atoms with Gasteiger partial charge < -0.3 is 10.2 Å². The van der Waals surface area contributed by atoms with E-state index in [1.165, 1.54) is 6.07 Å². The van der Waals surface area contributed by atoms with E-state index in [4.69, 9.17) is 9.97 Å². The van der Waals surface area contributed by atoms with Gasteiger partial charge in [0.25, 0.3) is 15.9 Å². The second kappa shape index (κ2) is 11.1. The van der Waals surface area contributed by atoms with Gasteiger partial charge in [0, 0.05) is 29.4 Å². The van der Waals surface area contributed by atoms with E-state index in [1.54, 1.807) is 18.2 Å². The predicted octanol–water partition coefficient (Wildman–Crippen LogP) is 6.38. The fourth-order valence-electron chi connectivity index (χ4n) is 6.23.